The van der Waals surface area contributed by atoms with Crippen LogP contribution in [0.3, 0.4) is 0 Å². The van der Waals surface area contributed by atoms with Gasteiger partial charge in [-0.15, -0.1) is 11.8 Å². The first-order valence-electron chi connectivity index (χ1n) is 12.4. The van der Waals surface area contributed by atoms with Gasteiger partial charge >= 0.3 is 6.18 Å². The highest BCUT2D eigenvalue weighted by Crippen LogP contribution is 2.34. The van der Waals surface area contributed by atoms with E-state index < -0.39 is 29.5 Å². The van der Waals surface area contributed by atoms with E-state index in [1.807, 2.05) is 0 Å². The van der Waals surface area contributed by atoms with Crippen molar-refractivity contribution in [1.82, 2.24) is 5.32 Å². The van der Waals surface area contributed by atoms with E-state index in [1.165, 1.54) is 24.3 Å². The van der Waals surface area contributed by atoms with Crippen molar-refractivity contribution in [3.8, 4) is 0 Å². The number of halogens is 4. The Kier molecular flexibility index (Phi) is 10.1. The van der Waals surface area contributed by atoms with E-state index in [-0.39, 0.29) is 17.1 Å². The van der Waals surface area contributed by atoms with Crippen LogP contribution in [0.15, 0.2) is 114 Å². The quantitative estimate of drug-likeness (QED) is 0.135. The predicted octanol–water partition coefficient (Wildman–Crippen LogP) is 7.50. The number of nitrogens with one attached hydrogen (secondary N) is 3. The Morgan fingerprint density at radius 3 is 2.12 bits per heavy atom. The molecule has 0 radical (unpaired) electrons. The van der Waals surface area contributed by atoms with Gasteiger partial charge in [-0.3, -0.25) is 14.4 Å². The molecule has 0 aliphatic carbocycles. The van der Waals surface area contributed by atoms with Crippen LogP contribution in [0.2, 0.25) is 5.02 Å². The van der Waals surface area contributed by atoms with Crippen LogP contribution in [-0.4, -0.2) is 23.5 Å². The molecule has 0 aromatic heterocycles. The van der Waals surface area contributed by atoms with Crippen molar-refractivity contribution < 1.29 is 27.6 Å². The van der Waals surface area contributed by atoms with E-state index in [2.05, 4.69) is 16.0 Å². The second-order valence-electron chi connectivity index (χ2n) is 8.76. The molecule has 3 N–H and O–H groups in total. The largest absolute Gasteiger partial charge is 0.418 e. The lowest BCUT2D eigenvalue weighted by molar-refractivity contribution is -0.137. The number of hydrogen-bond acceptors (Lipinski definition) is 4. The van der Waals surface area contributed by atoms with E-state index in [4.69, 9.17) is 11.6 Å². The monoisotopic (exact) mass is 609 g/mol. The Morgan fingerprint density at radius 1 is 0.786 bits per heavy atom. The van der Waals surface area contributed by atoms with Crippen LogP contribution in [-0.2, 0) is 15.8 Å². The van der Waals surface area contributed by atoms with Crippen molar-refractivity contribution in [1.29, 1.82) is 0 Å². The van der Waals surface area contributed by atoms with Gasteiger partial charge in [0.25, 0.3) is 11.8 Å². The molecule has 4 aromatic carbocycles. The molecular weight excluding hydrogens is 587 g/mol. The van der Waals surface area contributed by atoms with Crippen LogP contribution < -0.4 is 16.0 Å². The fourth-order valence-electron chi connectivity index (χ4n) is 3.70. The summed E-state index contributed by atoms with van der Waals surface area (Å²) in [5.41, 5.74) is 0.0291. The molecule has 3 amide bonds. The Bertz CT molecular complexity index is 1610. The van der Waals surface area contributed by atoms with Gasteiger partial charge in [0.05, 0.1) is 17.0 Å². The maximum atomic E-state index is 13.2. The van der Waals surface area contributed by atoms with Gasteiger partial charge in [0.1, 0.15) is 5.70 Å². The van der Waals surface area contributed by atoms with E-state index >= 15 is 0 Å². The summed E-state index contributed by atoms with van der Waals surface area (Å²) in [5, 5.41) is 8.06. The number of carbonyl (C=O) groups excluding carboxylic acids is 3. The minimum Gasteiger partial charge on any atom is -0.325 e. The highest BCUT2D eigenvalue weighted by Gasteiger charge is 2.33. The maximum absolute atomic E-state index is 13.2. The average Bonchev–Trinajstić information content (AvgIpc) is 2.97. The second kappa shape index (κ2) is 13.9. The third-order valence-electron chi connectivity index (χ3n) is 5.72. The van der Waals surface area contributed by atoms with Gasteiger partial charge in [0.15, 0.2) is 0 Å². The summed E-state index contributed by atoms with van der Waals surface area (Å²) in [5.74, 6) is -1.81. The van der Waals surface area contributed by atoms with Crippen LogP contribution >= 0.6 is 23.4 Å². The van der Waals surface area contributed by atoms with Crippen LogP contribution in [0.5, 0.6) is 0 Å². The molecule has 4 rings (SSSR count). The zero-order valence-corrected chi connectivity index (χ0v) is 23.3. The highest BCUT2D eigenvalue weighted by atomic mass is 35.5. The molecule has 4 aromatic rings. The van der Waals surface area contributed by atoms with Gasteiger partial charge < -0.3 is 16.0 Å². The molecule has 0 saturated heterocycles. The van der Waals surface area contributed by atoms with E-state index in [0.717, 1.165) is 17.8 Å². The van der Waals surface area contributed by atoms with Crippen molar-refractivity contribution in [3.63, 3.8) is 0 Å². The number of rotatable bonds is 9. The van der Waals surface area contributed by atoms with Crippen molar-refractivity contribution >= 4 is 58.5 Å². The maximum Gasteiger partial charge on any atom is 0.418 e. The van der Waals surface area contributed by atoms with E-state index in [0.29, 0.717) is 26.7 Å². The summed E-state index contributed by atoms with van der Waals surface area (Å²) in [6.07, 6.45) is -3.12. The number of anilines is 2. The number of alkyl halides is 3. The van der Waals surface area contributed by atoms with Crippen LogP contribution in [0.1, 0.15) is 21.5 Å². The molecule has 0 bridgehead atoms. The smallest absolute Gasteiger partial charge is 0.325 e. The molecular formula is C31H23ClF3N3O3S. The summed E-state index contributed by atoms with van der Waals surface area (Å²) in [6.45, 7) is 0. The lowest BCUT2D eigenvalue weighted by Gasteiger charge is -2.13. The summed E-state index contributed by atoms with van der Waals surface area (Å²) in [4.78, 5) is 38.9. The third kappa shape index (κ3) is 8.48. The first-order chi connectivity index (χ1) is 20.1. The van der Waals surface area contributed by atoms with Crippen LogP contribution in [0.4, 0.5) is 24.5 Å². The van der Waals surface area contributed by atoms with Gasteiger partial charge in [0.2, 0.25) is 5.91 Å². The minimum absolute atomic E-state index is 0.0359. The van der Waals surface area contributed by atoms with Crippen LogP contribution in [0.25, 0.3) is 6.08 Å². The molecule has 0 saturated carbocycles. The van der Waals surface area contributed by atoms with Gasteiger partial charge in [-0.05, 0) is 66.2 Å². The molecule has 0 heterocycles. The zero-order chi connectivity index (χ0) is 30.1. The molecule has 6 nitrogen and oxygen atoms in total. The first kappa shape index (κ1) is 30.4. The Morgan fingerprint density at radius 2 is 1.43 bits per heavy atom. The number of carbonyl (C=O) groups is 3. The average molecular weight is 610 g/mol. The summed E-state index contributed by atoms with van der Waals surface area (Å²) < 4.78 is 39.5. The van der Waals surface area contributed by atoms with Crippen molar-refractivity contribution in [2.75, 3.05) is 16.4 Å². The molecule has 0 spiro atoms. The molecule has 214 valence electrons. The predicted molar refractivity (Wildman–Crippen MR) is 159 cm³/mol. The van der Waals surface area contributed by atoms with Gasteiger partial charge in [0, 0.05) is 21.2 Å². The summed E-state index contributed by atoms with van der Waals surface area (Å²) in [7, 11) is 0. The number of thioether (sulfide) groups is 1. The Hall–Kier alpha value is -4.54. The SMILES string of the molecule is O=C(CSc1ccc(NC(=O)/C(=C/c2ccccc2Cl)NC(=O)c2ccccc2)cc1)Nc1ccccc1C(F)(F)F. The topological polar surface area (TPSA) is 87.3 Å². The zero-order valence-electron chi connectivity index (χ0n) is 21.7. The molecule has 0 aliphatic heterocycles. The van der Waals surface area contributed by atoms with Crippen molar-refractivity contribution in [2.45, 2.75) is 11.1 Å². The van der Waals surface area contributed by atoms with Crippen molar-refractivity contribution in [3.05, 3.63) is 131 Å². The Balaban J connectivity index is 1.41. The normalized spacial score (nSPS) is 11.5. The summed E-state index contributed by atoms with van der Waals surface area (Å²) >= 11 is 7.37. The molecule has 42 heavy (non-hydrogen) atoms. The fourth-order valence-corrected chi connectivity index (χ4v) is 4.59. The van der Waals surface area contributed by atoms with E-state index in [9.17, 15) is 27.6 Å². The Labute approximate surface area is 249 Å². The van der Waals surface area contributed by atoms with Gasteiger partial charge in [-0.2, -0.15) is 13.2 Å². The van der Waals surface area contributed by atoms with Crippen LogP contribution in [0, 0.1) is 0 Å². The van der Waals surface area contributed by atoms with Gasteiger partial charge in [-0.1, -0.05) is 60.1 Å². The lowest BCUT2D eigenvalue weighted by Crippen LogP contribution is -2.30. The molecule has 11 heteroatoms. The number of amides is 3. The fraction of sp³-hybridized carbons (Fsp3) is 0.0645. The molecule has 0 unspecified atom stereocenters. The molecule has 0 fully saturated rings. The number of benzene rings is 4. The number of para-hydroxylation sites is 1. The third-order valence-corrected chi connectivity index (χ3v) is 7.08. The minimum atomic E-state index is -4.59. The van der Waals surface area contributed by atoms with E-state index in [1.54, 1.807) is 78.9 Å². The first-order valence-corrected chi connectivity index (χ1v) is 13.8. The lowest BCUT2D eigenvalue weighted by atomic mass is 10.1. The molecule has 0 aliphatic rings. The molecule has 0 atom stereocenters. The standard InChI is InChI=1S/C31H23ClF3N3O3S/c32-25-12-6-4-10-21(25)18-27(38-29(40)20-8-2-1-3-9-20)30(41)36-22-14-16-23(17-15-22)42-19-28(39)37-26-13-7-5-11-24(26)31(33,34)35/h1-18H,19H2,(H,36,41)(H,37,39)(H,38,40)/b27-18-. The number of hydrogen-bond donors (Lipinski definition) is 3. The van der Waals surface area contributed by atoms with Crippen molar-refractivity contribution in [2.24, 2.45) is 0 Å². The summed E-state index contributed by atoms with van der Waals surface area (Å²) in [6, 6.07) is 26.5. The highest BCUT2D eigenvalue weighted by molar-refractivity contribution is 8.00. The van der Waals surface area contributed by atoms with Gasteiger partial charge in [-0.25, -0.2) is 0 Å². The second-order valence-corrected chi connectivity index (χ2v) is 10.2.